The van der Waals surface area contributed by atoms with Crippen molar-refractivity contribution >= 4 is 30.0 Å². The molecule has 3 amide bonds. The van der Waals surface area contributed by atoms with Crippen LogP contribution in [0.15, 0.2) is 24.3 Å². The highest BCUT2D eigenvalue weighted by molar-refractivity contribution is 5.90. The lowest BCUT2D eigenvalue weighted by atomic mass is 9.97. The maximum atomic E-state index is 13.7. The zero-order valence-corrected chi connectivity index (χ0v) is 17.5. The molecule has 0 spiro atoms. The number of amides is 3. The van der Waals surface area contributed by atoms with Gasteiger partial charge >= 0.3 is 6.03 Å². The predicted molar refractivity (Wildman–Crippen MR) is 114 cm³/mol. The lowest BCUT2D eigenvalue weighted by molar-refractivity contribution is -0.126. The molecule has 1 aromatic rings. The summed E-state index contributed by atoms with van der Waals surface area (Å²) in [6.45, 7) is 6.76. The Morgan fingerprint density at radius 2 is 1.93 bits per heavy atom. The largest absolute Gasteiger partial charge is 0.356 e. The molecule has 3 rings (SSSR count). The number of piperidine rings is 1. The van der Waals surface area contributed by atoms with Crippen LogP contribution in [0.3, 0.4) is 0 Å². The molecule has 2 fully saturated rings. The second kappa shape index (κ2) is 11.9. The first-order chi connectivity index (χ1) is 13.6. The molecule has 0 bridgehead atoms. The molecular formula is C20H31ClFN5O2. The molecule has 1 aromatic carbocycles. The van der Waals surface area contributed by atoms with Gasteiger partial charge in [0.05, 0.1) is 11.6 Å². The van der Waals surface area contributed by atoms with E-state index >= 15 is 0 Å². The molecule has 2 heterocycles. The number of halogens is 2. The first-order valence-corrected chi connectivity index (χ1v) is 10.1. The highest BCUT2D eigenvalue weighted by Crippen LogP contribution is 2.19. The molecule has 162 valence electrons. The minimum Gasteiger partial charge on any atom is -0.356 e. The fourth-order valence-electron chi connectivity index (χ4n) is 3.73. The van der Waals surface area contributed by atoms with Crippen LogP contribution in [-0.2, 0) is 4.79 Å². The molecule has 2 aliphatic heterocycles. The van der Waals surface area contributed by atoms with E-state index in [1.807, 2.05) is 0 Å². The molecule has 7 nitrogen and oxygen atoms in total. The summed E-state index contributed by atoms with van der Waals surface area (Å²) in [5.74, 6) is -0.672. The Kier molecular flexibility index (Phi) is 9.63. The van der Waals surface area contributed by atoms with Crippen LogP contribution in [0.5, 0.6) is 0 Å². The fourth-order valence-corrected chi connectivity index (χ4v) is 3.73. The van der Waals surface area contributed by atoms with Crippen molar-refractivity contribution in [3.8, 4) is 0 Å². The van der Waals surface area contributed by atoms with Gasteiger partial charge < -0.3 is 25.8 Å². The van der Waals surface area contributed by atoms with Crippen LogP contribution in [0, 0.1) is 11.7 Å². The third-order valence-electron chi connectivity index (χ3n) is 5.35. The average Bonchev–Trinajstić information content (AvgIpc) is 2.73. The van der Waals surface area contributed by atoms with Crippen molar-refractivity contribution in [3.63, 3.8) is 0 Å². The second-order valence-electron chi connectivity index (χ2n) is 7.43. The van der Waals surface area contributed by atoms with E-state index in [1.165, 1.54) is 12.1 Å². The Labute approximate surface area is 177 Å². The summed E-state index contributed by atoms with van der Waals surface area (Å²) in [7, 11) is 0. The minimum atomic E-state index is -0.466. The first-order valence-electron chi connectivity index (χ1n) is 10.1. The van der Waals surface area contributed by atoms with Crippen molar-refractivity contribution in [2.45, 2.75) is 19.3 Å². The number of para-hydroxylation sites is 1. The van der Waals surface area contributed by atoms with Gasteiger partial charge in [0.2, 0.25) is 5.91 Å². The summed E-state index contributed by atoms with van der Waals surface area (Å²) in [5, 5.41) is 8.94. The van der Waals surface area contributed by atoms with Crippen LogP contribution in [0.25, 0.3) is 0 Å². The zero-order valence-electron chi connectivity index (χ0n) is 16.7. The highest BCUT2D eigenvalue weighted by atomic mass is 35.5. The van der Waals surface area contributed by atoms with Crippen LogP contribution in [0.2, 0.25) is 0 Å². The molecule has 2 saturated heterocycles. The number of hydrogen-bond acceptors (Lipinski definition) is 4. The number of benzene rings is 1. The number of rotatable bonds is 6. The zero-order chi connectivity index (χ0) is 19.8. The molecule has 0 radical (unpaired) electrons. The Morgan fingerprint density at radius 1 is 1.17 bits per heavy atom. The Balaban J connectivity index is 0.00000300. The van der Waals surface area contributed by atoms with Crippen LogP contribution >= 0.6 is 12.4 Å². The quantitative estimate of drug-likeness (QED) is 0.606. The van der Waals surface area contributed by atoms with Gasteiger partial charge in [-0.2, -0.15) is 0 Å². The van der Waals surface area contributed by atoms with Gasteiger partial charge in [0.15, 0.2) is 0 Å². The number of piperazine rings is 1. The molecule has 0 aromatic heterocycles. The van der Waals surface area contributed by atoms with Gasteiger partial charge in [-0.1, -0.05) is 12.1 Å². The second-order valence-corrected chi connectivity index (χ2v) is 7.43. The molecule has 0 saturated carbocycles. The van der Waals surface area contributed by atoms with E-state index in [0.717, 1.165) is 52.0 Å². The standard InChI is InChI=1S/C20H30FN5O2.ClH/c21-17-6-1-2-7-18(17)24-20(28)26-12-3-5-16(15-26)19(27)23-8-4-11-25-13-9-22-10-14-25;/h1-2,6-7,16,22H,3-5,8-15H2,(H,23,27)(H,24,28);1H. The third-order valence-corrected chi connectivity index (χ3v) is 5.35. The number of hydrogen-bond donors (Lipinski definition) is 3. The smallest absolute Gasteiger partial charge is 0.321 e. The third kappa shape index (κ3) is 7.13. The topological polar surface area (TPSA) is 76.7 Å². The Morgan fingerprint density at radius 3 is 2.69 bits per heavy atom. The van der Waals surface area contributed by atoms with Crippen LogP contribution in [0.4, 0.5) is 14.9 Å². The SMILES string of the molecule is Cl.O=C(NCCCN1CCNCC1)C1CCCN(C(=O)Nc2ccccc2F)C1. The molecular weight excluding hydrogens is 397 g/mol. The fraction of sp³-hybridized carbons (Fsp3) is 0.600. The summed E-state index contributed by atoms with van der Waals surface area (Å²) in [6.07, 6.45) is 2.46. The number of anilines is 1. The van der Waals surface area contributed by atoms with E-state index in [4.69, 9.17) is 0 Å². The van der Waals surface area contributed by atoms with Gasteiger partial charge in [0.25, 0.3) is 0 Å². The lowest BCUT2D eigenvalue weighted by Crippen LogP contribution is -2.47. The molecule has 0 aliphatic carbocycles. The van der Waals surface area contributed by atoms with E-state index in [2.05, 4.69) is 20.9 Å². The van der Waals surface area contributed by atoms with E-state index in [0.29, 0.717) is 19.6 Å². The van der Waals surface area contributed by atoms with Gasteiger partial charge in [-0.05, 0) is 37.9 Å². The summed E-state index contributed by atoms with van der Waals surface area (Å²) < 4.78 is 13.7. The van der Waals surface area contributed by atoms with E-state index in [-0.39, 0.29) is 36.0 Å². The van der Waals surface area contributed by atoms with Crippen LogP contribution in [-0.4, -0.2) is 74.1 Å². The van der Waals surface area contributed by atoms with Crippen molar-refractivity contribution < 1.29 is 14.0 Å². The van der Waals surface area contributed by atoms with Crippen molar-refractivity contribution in [2.24, 2.45) is 5.92 Å². The van der Waals surface area contributed by atoms with Crippen molar-refractivity contribution in [3.05, 3.63) is 30.1 Å². The average molecular weight is 428 g/mol. The Hall–Kier alpha value is -1.90. The van der Waals surface area contributed by atoms with E-state index in [9.17, 15) is 14.0 Å². The predicted octanol–water partition coefficient (Wildman–Crippen LogP) is 1.90. The van der Waals surface area contributed by atoms with E-state index in [1.54, 1.807) is 17.0 Å². The van der Waals surface area contributed by atoms with Gasteiger partial charge in [-0.25, -0.2) is 9.18 Å². The number of carbonyl (C=O) groups excluding carboxylic acids is 2. The lowest BCUT2D eigenvalue weighted by Gasteiger charge is -2.32. The summed E-state index contributed by atoms with van der Waals surface area (Å²) in [4.78, 5) is 28.9. The van der Waals surface area contributed by atoms with Gasteiger partial charge in [0.1, 0.15) is 5.82 Å². The Bertz CT molecular complexity index is 672. The van der Waals surface area contributed by atoms with Gasteiger partial charge in [-0.3, -0.25) is 4.79 Å². The van der Waals surface area contributed by atoms with Crippen molar-refractivity contribution in [1.29, 1.82) is 0 Å². The van der Waals surface area contributed by atoms with Crippen LogP contribution < -0.4 is 16.0 Å². The highest BCUT2D eigenvalue weighted by Gasteiger charge is 2.28. The van der Waals surface area contributed by atoms with Crippen molar-refractivity contribution in [2.75, 3.05) is 57.7 Å². The summed E-state index contributed by atoms with van der Waals surface area (Å²) in [5.41, 5.74) is 0.159. The normalized spacial score (nSPS) is 19.9. The molecule has 1 atom stereocenters. The van der Waals surface area contributed by atoms with Gasteiger partial charge in [-0.15, -0.1) is 12.4 Å². The number of likely N-dealkylation sites (tertiary alicyclic amines) is 1. The van der Waals surface area contributed by atoms with E-state index < -0.39 is 5.82 Å². The molecule has 3 N–H and O–H groups in total. The number of urea groups is 1. The van der Waals surface area contributed by atoms with Crippen LogP contribution in [0.1, 0.15) is 19.3 Å². The summed E-state index contributed by atoms with van der Waals surface area (Å²) >= 11 is 0. The molecule has 9 heteroatoms. The maximum absolute atomic E-state index is 13.7. The van der Waals surface area contributed by atoms with Gasteiger partial charge in [0, 0.05) is 45.8 Å². The monoisotopic (exact) mass is 427 g/mol. The summed E-state index contributed by atoms with van der Waals surface area (Å²) in [6, 6.07) is 5.73. The first kappa shape index (κ1) is 23.4. The molecule has 1 unspecified atom stereocenters. The number of carbonyl (C=O) groups is 2. The number of nitrogens with one attached hydrogen (secondary N) is 3. The number of nitrogens with zero attached hydrogens (tertiary/aromatic N) is 2. The van der Waals surface area contributed by atoms with Crippen molar-refractivity contribution in [1.82, 2.24) is 20.4 Å². The molecule has 29 heavy (non-hydrogen) atoms. The molecule has 2 aliphatic rings. The minimum absolute atomic E-state index is 0. The maximum Gasteiger partial charge on any atom is 0.321 e.